The van der Waals surface area contributed by atoms with Crippen LogP contribution < -0.4 is 10.1 Å². The van der Waals surface area contributed by atoms with Crippen molar-refractivity contribution in [1.82, 2.24) is 9.97 Å². The molecule has 0 bridgehead atoms. The third-order valence-electron chi connectivity index (χ3n) is 2.68. The fourth-order valence-electron chi connectivity index (χ4n) is 1.82. The Kier molecular flexibility index (Phi) is 3.69. The maximum absolute atomic E-state index is 11.7. The lowest BCUT2D eigenvalue weighted by molar-refractivity contribution is -0.116. The fraction of sp³-hybridized carbons (Fsp3) is 0.417. The predicted octanol–water partition coefficient (Wildman–Crippen LogP) is 1.78. The number of amides is 1. The summed E-state index contributed by atoms with van der Waals surface area (Å²) in [6.07, 6.45) is 8.21. The first-order valence-electron chi connectivity index (χ1n) is 5.60. The van der Waals surface area contributed by atoms with E-state index in [2.05, 4.69) is 27.4 Å². The highest BCUT2D eigenvalue weighted by Crippen LogP contribution is 2.21. The van der Waals surface area contributed by atoms with Gasteiger partial charge >= 0.3 is 0 Å². The van der Waals surface area contributed by atoms with Gasteiger partial charge in [-0.05, 0) is 18.8 Å². The molecule has 0 radical (unpaired) electrons. The number of nitrogens with zero attached hydrogens (tertiary/aromatic N) is 2. The summed E-state index contributed by atoms with van der Waals surface area (Å²) >= 11 is 0. The van der Waals surface area contributed by atoms with E-state index in [-0.39, 0.29) is 5.91 Å². The minimum Gasteiger partial charge on any atom is -0.481 e. The van der Waals surface area contributed by atoms with Crippen molar-refractivity contribution in [3.63, 3.8) is 0 Å². The van der Waals surface area contributed by atoms with Crippen LogP contribution in [0, 0.1) is 5.92 Å². The van der Waals surface area contributed by atoms with E-state index in [9.17, 15) is 4.79 Å². The van der Waals surface area contributed by atoms with Crippen molar-refractivity contribution in [2.24, 2.45) is 5.92 Å². The average molecular weight is 233 g/mol. The van der Waals surface area contributed by atoms with Gasteiger partial charge in [-0.25, -0.2) is 9.97 Å². The monoisotopic (exact) mass is 233 g/mol. The Labute approximate surface area is 99.9 Å². The van der Waals surface area contributed by atoms with Gasteiger partial charge in [0.15, 0.2) is 0 Å². The van der Waals surface area contributed by atoms with Gasteiger partial charge in [0, 0.05) is 12.5 Å². The Morgan fingerprint density at radius 1 is 1.59 bits per heavy atom. The Hall–Kier alpha value is -1.91. The van der Waals surface area contributed by atoms with Gasteiger partial charge in [-0.1, -0.05) is 12.2 Å². The highest BCUT2D eigenvalue weighted by atomic mass is 16.5. The highest BCUT2D eigenvalue weighted by molar-refractivity contribution is 5.90. The molecular weight excluding hydrogens is 218 g/mol. The first-order chi connectivity index (χ1) is 8.28. The largest absolute Gasteiger partial charge is 0.481 e. The van der Waals surface area contributed by atoms with Crippen LogP contribution in [0.15, 0.2) is 24.5 Å². The van der Waals surface area contributed by atoms with E-state index < -0.39 is 0 Å². The number of anilines is 1. The fourth-order valence-corrected chi connectivity index (χ4v) is 1.82. The van der Waals surface area contributed by atoms with E-state index in [1.807, 2.05) is 0 Å². The standard InChI is InChI=1S/C12H15N3O2/c1-17-12-7-10(13-8-14-12)15-11(16)6-9-4-2-3-5-9/h2,4,7-9H,3,5-6H2,1H3,(H,13,14,15,16). The molecule has 0 saturated carbocycles. The number of nitrogens with one attached hydrogen (secondary N) is 1. The van der Waals surface area contributed by atoms with E-state index in [0.717, 1.165) is 12.8 Å². The molecule has 0 aliphatic heterocycles. The molecule has 5 nitrogen and oxygen atoms in total. The molecule has 90 valence electrons. The number of aromatic nitrogens is 2. The molecule has 0 aromatic carbocycles. The number of carbonyl (C=O) groups is 1. The zero-order chi connectivity index (χ0) is 12.1. The average Bonchev–Trinajstić information content (AvgIpc) is 2.82. The van der Waals surface area contributed by atoms with Crippen molar-refractivity contribution < 1.29 is 9.53 Å². The minimum absolute atomic E-state index is 0.0256. The molecule has 5 heteroatoms. The summed E-state index contributed by atoms with van der Waals surface area (Å²) in [6, 6.07) is 1.60. The topological polar surface area (TPSA) is 64.1 Å². The van der Waals surface area contributed by atoms with Crippen LogP contribution in [0.4, 0.5) is 5.82 Å². The van der Waals surface area contributed by atoms with Gasteiger partial charge in [-0.3, -0.25) is 4.79 Å². The predicted molar refractivity (Wildman–Crippen MR) is 63.7 cm³/mol. The normalized spacial score (nSPS) is 18.1. The van der Waals surface area contributed by atoms with Crippen LogP contribution >= 0.6 is 0 Å². The van der Waals surface area contributed by atoms with Gasteiger partial charge in [0.2, 0.25) is 11.8 Å². The lowest BCUT2D eigenvalue weighted by atomic mass is 10.1. The summed E-state index contributed by atoms with van der Waals surface area (Å²) in [5.74, 6) is 1.25. The van der Waals surface area contributed by atoms with Crippen LogP contribution in [0.25, 0.3) is 0 Å². The van der Waals surface area contributed by atoms with E-state index >= 15 is 0 Å². The number of rotatable bonds is 4. The summed E-state index contributed by atoms with van der Waals surface area (Å²) in [6.45, 7) is 0. The highest BCUT2D eigenvalue weighted by Gasteiger charge is 2.14. The van der Waals surface area contributed by atoms with E-state index in [1.54, 1.807) is 6.07 Å². The molecule has 0 fully saturated rings. The van der Waals surface area contributed by atoms with Gasteiger partial charge in [-0.2, -0.15) is 0 Å². The van der Waals surface area contributed by atoms with Crippen molar-refractivity contribution in [2.75, 3.05) is 12.4 Å². The zero-order valence-corrected chi connectivity index (χ0v) is 9.72. The second-order valence-corrected chi connectivity index (χ2v) is 3.96. The Bertz CT molecular complexity index is 432. The Morgan fingerprint density at radius 3 is 3.18 bits per heavy atom. The summed E-state index contributed by atoms with van der Waals surface area (Å²) < 4.78 is 4.96. The molecule has 1 amide bonds. The number of hydrogen-bond donors (Lipinski definition) is 1. The number of carbonyl (C=O) groups excluding carboxylic acids is 1. The maximum Gasteiger partial charge on any atom is 0.226 e. The SMILES string of the molecule is COc1cc(NC(=O)CC2C=CCC2)ncn1. The van der Waals surface area contributed by atoms with Gasteiger partial charge in [0.25, 0.3) is 0 Å². The summed E-state index contributed by atoms with van der Waals surface area (Å²) in [4.78, 5) is 19.6. The summed E-state index contributed by atoms with van der Waals surface area (Å²) in [5.41, 5.74) is 0. The quantitative estimate of drug-likeness (QED) is 0.805. The maximum atomic E-state index is 11.7. The van der Waals surface area contributed by atoms with Gasteiger partial charge in [-0.15, -0.1) is 0 Å². The van der Waals surface area contributed by atoms with Gasteiger partial charge in [0.1, 0.15) is 12.1 Å². The van der Waals surface area contributed by atoms with E-state index in [1.165, 1.54) is 13.4 Å². The molecule has 1 aromatic heterocycles. The molecule has 1 atom stereocenters. The van der Waals surface area contributed by atoms with Crippen molar-refractivity contribution in [1.29, 1.82) is 0 Å². The summed E-state index contributed by atoms with van der Waals surface area (Å²) in [5, 5.41) is 2.74. The molecule has 1 unspecified atom stereocenters. The molecule has 1 aliphatic carbocycles. The van der Waals surface area contributed by atoms with Crippen LogP contribution in [0.3, 0.4) is 0 Å². The van der Waals surface area contributed by atoms with Crippen molar-refractivity contribution in [2.45, 2.75) is 19.3 Å². The summed E-state index contributed by atoms with van der Waals surface area (Å²) in [7, 11) is 1.53. The Balaban J connectivity index is 1.90. The first kappa shape index (κ1) is 11.6. The molecule has 17 heavy (non-hydrogen) atoms. The minimum atomic E-state index is -0.0256. The Morgan fingerprint density at radius 2 is 2.47 bits per heavy atom. The molecule has 1 N–H and O–H groups in total. The number of ether oxygens (including phenoxy) is 1. The van der Waals surface area contributed by atoms with Crippen molar-refractivity contribution >= 4 is 11.7 Å². The van der Waals surface area contributed by atoms with Gasteiger partial charge < -0.3 is 10.1 Å². The molecule has 1 aromatic rings. The van der Waals surface area contributed by atoms with Crippen LogP contribution in [0.5, 0.6) is 5.88 Å². The second kappa shape index (κ2) is 5.43. The molecule has 2 rings (SSSR count). The third-order valence-corrected chi connectivity index (χ3v) is 2.68. The van der Waals surface area contributed by atoms with Gasteiger partial charge in [0.05, 0.1) is 7.11 Å². The van der Waals surface area contributed by atoms with Crippen LogP contribution in [-0.2, 0) is 4.79 Å². The zero-order valence-electron chi connectivity index (χ0n) is 9.72. The third kappa shape index (κ3) is 3.27. The molecular formula is C12H15N3O2. The van der Waals surface area contributed by atoms with Crippen LogP contribution in [-0.4, -0.2) is 23.0 Å². The smallest absolute Gasteiger partial charge is 0.226 e. The molecule has 0 saturated heterocycles. The lowest BCUT2D eigenvalue weighted by Gasteiger charge is -2.08. The van der Waals surface area contributed by atoms with Crippen molar-refractivity contribution in [3.8, 4) is 5.88 Å². The lowest BCUT2D eigenvalue weighted by Crippen LogP contribution is -2.15. The number of hydrogen-bond acceptors (Lipinski definition) is 4. The molecule has 1 heterocycles. The number of allylic oxidation sites excluding steroid dienone is 2. The van der Waals surface area contributed by atoms with Crippen molar-refractivity contribution in [3.05, 3.63) is 24.5 Å². The number of methoxy groups -OCH3 is 1. The van der Waals surface area contributed by atoms with Crippen LogP contribution in [0.1, 0.15) is 19.3 Å². The van der Waals surface area contributed by atoms with E-state index in [4.69, 9.17) is 4.74 Å². The second-order valence-electron chi connectivity index (χ2n) is 3.96. The van der Waals surface area contributed by atoms with E-state index in [0.29, 0.717) is 24.0 Å². The van der Waals surface area contributed by atoms with Crippen LogP contribution in [0.2, 0.25) is 0 Å². The molecule has 1 aliphatic rings. The molecule has 0 spiro atoms. The first-order valence-corrected chi connectivity index (χ1v) is 5.60.